The normalized spacial score (nSPS) is 15.1. The summed E-state index contributed by atoms with van der Waals surface area (Å²) in [5, 5.41) is 8.31. The van der Waals surface area contributed by atoms with Crippen molar-refractivity contribution in [2.75, 3.05) is 6.61 Å². The number of carboxylic acid groups (broad SMARTS) is 1. The first-order valence-electron chi connectivity index (χ1n) is 5.42. The van der Waals surface area contributed by atoms with E-state index in [4.69, 9.17) is 9.84 Å². The van der Waals surface area contributed by atoms with Crippen LogP contribution in [0.1, 0.15) is 27.7 Å². The van der Waals surface area contributed by atoms with Gasteiger partial charge < -0.3 is 9.84 Å². The molecule has 0 aliphatic rings. The van der Waals surface area contributed by atoms with E-state index in [1.165, 1.54) is 0 Å². The molecule has 0 saturated heterocycles. The monoisotopic (exact) mass is 228 g/mol. The molecule has 4 heteroatoms. The van der Waals surface area contributed by atoms with E-state index in [1.54, 1.807) is 0 Å². The lowest BCUT2D eigenvalue weighted by Crippen LogP contribution is -2.20. The Kier molecular flexibility index (Phi) is 6.46. The van der Waals surface area contributed by atoms with E-state index in [2.05, 4.69) is 20.8 Å². The first-order chi connectivity index (χ1) is 7.34. The van der Waals surface area contributed by atoms with Crippen LogP contribution in [0.5, 0.6) is 0 Å². The molecule has 0 heterocycles. The molecule has 16 heavy (non-hydrogen) atoms. The summed E-state index contributed by atoms with van der Waals surface area (Å²) in [6.07, 6.45) is 1.70. The van der Waals surface area contributed by atoms with Crippen LogP contribution in [0.25, 0.3) is 0 Å². The van der Waals surface area contributed by atoms with Gasteiger partial charge in [-0.1, -0.05) is 27.7 Å². The second-order valence-electron chi connectivity index (χ2n) is 4.38. The third kappa shape index (κ3) is 6.22. The van der Waals surface area contributed by atoms with Crippen molar-refractivity contribution in [2.24, 2.45) is 17.8 Å². The van der Waals surface area contributed by atoms with Crippen molar-refractivity contribution < 1.29 is 19.4 Å². The number of carboxylic acids is 1. The van der Waals surface area contributed by atoms with Crippen LogP contribution < -0.4 is 0 Å². The zero-order chi connectivity index (χ0) is 12.7. The fourth-order valence-corrected chi connectivity index (χ4v) is 1.21. The van der Waals surface area contributed by atoms with Crippen molar-refractivity contribution in [2.45, 2.75) is 27.7 Å². The van der Waals surface area contributed by atoms with Gasteiger partial charge in [0.2, 0.25) is 0 Å². The topological polar surface area (TPSA) is 63.6 Å². The van der Waals surface area contributed by atoms with Crippen LogP contribution >= 0.6 is 0 Å². The highest BCUT2D eigenvalue weighted by Crippen LogP contribution is 2.20. The van der Waals surface area contributed by atoms with Crippen LogP contribution in [0.3, 0.4) is 0 Å². The van der Waals surface area contributed by atoms with Gasteiger partial charge in [-0.2, -0.15) is 0 Å². The molecule has 0 amide bonds. The SMILES string of the molecule is CC(C)C(C)C(C)COC(=O)/C=C/C(=O)O. The van der Waals surface area contributed by atoms with Crippen molar-refractivity contribution in [1.29, 1.82) is 0 Å². The summed E-state index contributed by atoms with van der Waals surface area (Å²) in [5.41, 5.74) is 0. The second-order valence-corrected chi connectivity index (χ2v) is 4.38. The Morgan fingerprint density at radius 1 is 1.19 bits per heavy atom. The maximum atomic E-state index is 11.1. The molecule has 0 aromatic rings. The lowest BCUT2D eigenvalue weighted by molar-refractivity contribution is -0.140. The van der Waals surface area contributed by atoms with E-state index < -0.39 is 11.9 Å². The number of hydrogen-bond acceptors (Lipinski definition) is 3. The summed E-state index contributed by atoms with van der Waals surface area (Å²) >= 11 is 0. The molecule has 0 aromatic carbocycles. The first kappa shape index (κ1) is 14.7. The first-order valence-corrected chi connectivity index (χ1v) is 5.42. The molecule has 0 bridgehead atoms. The van der Waals surface area contributed by atoms with Crippen LogP contribution in [0, 0.1) is 17.8 Å². The second kappa shape index (κ2) is 7.04. The maximum absolute atomic E-state index is 11.1. The smallest absolute Gasteiger partial charge is 0.331 e. The van der Waals surface area contributed by atoms with E-state index >= 15 is 0 Å². The van der Waals surface area contributed by atoms with Gasteiger partial charge >= 0.3 is 11.9 Å². The van der Waals surface area contributed by atoms with Gasteiger partial charge in [0.05, 0.1) is 6.61 Å². The number of aliphatic carboxylic acids is 1. The number of carbonyl (C=O) groups excluding carboxylic acids is 1. The fourth-order valence-electron chi connectivity index (χ4n) is 1.21. The Hall–Kier alpha value is -1.32. The molecular weight excluding hydrogens is 208 g/mol. The van der Waals surface area contributed by atoms with Gasteiger partial charge in [-0.3, -0.25) is 0 Å². The third-order valence-corrected chi connectivity index (χ3v) is 2.80. The standard InChI is InChI=1S/C12H20O4/c1-8(2)10(4)9(3)7-16-12(15)6-5-11(13)14/h5-6,8-10H,7H2,1-4H3,(H,13,14)/b6-5+. The third-order valence-electron chi connectivity index (χ3n) is 2.80. The Bertz CT molecular complexity index is 268. The van der Waals surface area contributed by atoms with Crippen LogP contribution in [0.2, 0.25) is 0 Å². The minimum Gasteiger partial charge on any atom is -0.478 e. The lowest BCUT2D eigenvalue weighted by Gasteiger charge is -2.22. The van der Waals surface area contributed by atoms with Gasteiger partial charge in [-0.05, 0) is 17.8 Å². The minimum atomic E-state index is -1.15. The Morgan fingerprint density at radius 3 is 2.19 bits per heavy atom. The molecule has 2 unspecified atom stereocenters. The average molecular weight is 228 g/mol. The Morgan fingerprint density at radius 2 is 1.75 bits per heavy atom. The Labute approximate surface area is 96.3 Å². The molecule has 0 aliphatic heterocycles. The van der Waals surface area contributed by atoms with Gasteiger partial charge in [-0.15, -0.1) is 0 Å². The van der Waals surface area contributed by atoms with Crippen LogP contribution in [0.15, 0.2) is 12.2 Å². The van der Waals surface area contributed by atoms with E-state index in [0.29, 0.717) is 18.4 Å². The average Bonchev–Trinajstić information content (AvgIpc) is 2.21. The van der Waals surface area contributed by atoms with Crippen LogP contribution in [-0.4, -0.2) is 23.7 Å². The molecule has 0 radical (unpaired) electrons. The molecule has 2 atom stereocenters. The van der Waals surface area contributed by atoms with E-state index in [1.807, 2.05) is 6.92 Å². The van der Waals surface area contributed by atoms with Crippen LogP contribution in [0.4, 0.5) is 0 Å². The molecule has 0 aromatic heterocycles. The number of carbonyl (C=O) groups is 2. The van der Waals surface area contributed by atoms with Crippen molar-refractivity contribution in [3.05, 3.63) is 12.2 Å². The number of hydrogen-bond donors (Lipinski definition) is 1. The lowest BCUT2D eigenvalue weighted by atomic mass is 9.87. The van der Waals surface area contributed by atoms with Crippen molar-refractivity contribution in [3.8, 4) is 0 Å². The molecule has 4 nitrogen and oxygen atoms in total. The van der Waals surface area contributed by atoms with E-state index in [0.717, 1.165) is 12.2 Å². The van der Waals surface area contributed by atoms with Gasteiger partial charge in [0.15, 0.2) is 0 Å². The highest BCUT2D eigenvalue weighted by Gasteiger charge is 2.16. The minimum absolute atomic E-state index is 0.266. The summed E-state index contributed by atoms with van der Waals surface area (Å²) in [7, 11) is 0. The molecule has 0 saturated carbocycles. The molecule has 0 aliphatic carbocycles. The molecular formula is C12H20O4. The van der Waals surface area contributed by atoms with Crippen molar-refractivity contribution in [1.82, 2.24) is 0 Å². The maximum Gasteiger partial charge on any atom is 0.331 e. The number of ether oxygens (including phenoxy) is 1. The number of esters is 1. The molecule has 1 N–H and O–H groups in total. The fraction of sp³-hybridized carbons (Fsp3) is 0.667. The van der Waals surface area contributed by atoms with Gasteiger partial charge in [0, 0.05) is 12.2 Å². The zero-order valence-electron chi connectivity index (χ0n) is 10.3. The van der Waals surface area contributed by atoms with E-state index in [9.17, 15) is 9.59 Å². The van der Waals surface area contributed by atoms with Gasteiger partial charge in [0.25, 0.3) is 0 Å². The molecule has 0 spiro atoms. The summed E-state index contributed by atoms with van der Waals surface area (Å²) in [4.78, 5) is 21.2. The number of rotatable bonds is 6. The van der Waals surface area contributed by atoms with Crippen LogP contribution in [-0.2, 0) is 14.3 Å². The zero-order valence-corrected chi connectivity index (χ0v) is 10.3. The predicted molar refractivity (Wildman–Crippen MR) is 60.9 cm³/mol. The highest BCUT2D eigenvalue weighted by molar-refractivity contribution is 5.90. The van der Waals surface area contributed by atoms with Crippen molar-refractivity contribution >= 4 is 11.9 Å². The summed E-state index contributed by atoms with van der Waals surface area (Å²) < 4.78 is 4.94. The summed E-state index contributed by atoms with van der Waals surface area (Å²) in [5.74, 6) is -0.507. The molecule has 0 fully saturated rings. The van der Waals surface area contributed by atoms with Gasteiger partial charge in [0.1, 0.15) is 0 Å². The Balaban J connectivity index is 3.97. The highest BCUT2D eigenvalue weighted by atomic mass is 16.5. The van der Waals surface area contributed by atoms with Crippen molar-refractivity contribution in [3.63, 3.8) is 0 Å². The quantitative estimate of drug-likeness (QED) is 0.558. The molecule has 0 rings (SSSR count). The predicted octanol–water partition coefficient (Wildman–Crippen LogP) is 2.10. The van der Waals surface area contributed by atoms with Gasteiger partial charge in [-0.25, -0.2) is 9.59 Å². The largest absolute Gasteiger partial charge is 0.478 e. The van der Waals surface area contributed by atoms with E-state index in [-0.39, 0.29) is 5.92 Å². The summed E-state index contributed by atoms with van der Waals surface area (Å²) in [6, 6.07) is 0. The molecule has 92 valence electrons. The summed E-state index contributed by atoms with van der Waals surface area (Å²) in [6.45, 7) is 8.68.